The first-order valence-electron chi connectivity index (χ1n) is 6.14. The van der Waals surface area contributed by atoms with Gasteiger partial charge in [-0.3, -0.25) is 4.79 Å². The standard InChI is InChI=1S/C14H22N2O/c1-11(2)16-14(17)10-15-9-8-13-7-5-4-6-12(13)3/h4-7,11,15H,8-10H2,1-3H3,(H,16,17). The minimum absolute atomic E-state index is 0.0600. The number of rotatable bonds is 6. The van der Waals surface area contributed by atoms with Crippen LogP contribution < -0.4 is 10.6 Å². The summed E-state index contributed by atoms with van der Waals surface area (Å²) in [5.74, 6) is 0.0600. The van der Waals surface area contributed by atoms with Crippen molar-refractivity contribution in [3.8, 4) is 0 Å². The van der Waals surface area contributed by atoms with E-state index in [1.807, 2.05) is 26.0 Å². The summed E-state index contributed by atoms with van der Waals surface area (Å²) < 4.78 is 0. The van der Waals surface area contributed by atoms with Gasteiger partial charge in [0.2, 0.25) is 5.91 Å². The van der Waals surface area contributed by atoms with Gasteiger partial charge in [0, 0.05) is 6.04 Å². The van der Waals surface area contributed by atoms with E-state index in [4.69, 9.17) is 0 Å². The van der Waals surface area contributed by atoms with Crippen molar-refractivity contribution in [1.82, 2.24) is 10.6 Å². The van der Waals surface area contributed by atoms with Crippen molar-refractivity contribution in [3.05, 3.63) is 35.4 Å². The average molecular weight is 234 g/mol. The fourth-order valence-electron chi connectivity index (χ4n) is 1.69. The van der Waals surface area contributed by atoms with E-state index in [0.717, 1.165) is 13.0 Å². The zero-order valence-corrected chi connectivity index (χ0v) is 10.9. The average Bonchev–Trinajstić information content (AvgIpc) is 2.25. The normalized spacial score (nSPS) is 10.6. The molecular weight excluding hydrogens is 212 g/mol. The van der Waals surface area contributed by atoms with Gasteiger partial charge in [-0.2, -0.15) is 0 Å². The number of benzene rings is 1. The summed E-state index contributed by atoms with van der Waals surface area (Å²) >= 11 is 0. The molecule has 0 saturated heterocycles. The number of hydrogen-bond donors (Lipinski definition) is 2. The molecule has 0 atom stereocenters. The van der Waals surface area contributed by atoms with Gasteiger partial charge in [0.1, 0.15) is 0 Å². The molecule has 1 rings (SSSR count). The Morgan fingerprint density at radius 1 is 1.29 bits per heavy atom. The van der Waals surface area contributed by atoms with Crippen molar-refractivity contribution in [2.24, 2.45) is 0 Å². The summed E-state index contributed by atoms with van der Waals surface area (Å²) in [6.45, 7) is 7.26. The molecule has 1 aromatic rings. The van der Waals surface area contributed by atoms with Crippen molar-refractivity contribution >= 4 is 5.91 Å². The van der Waals surface area contributed by atoms with Crippen LogP contribution in [0.4, 0.5) is 0 Å². The van der Waals surface area contributed by atoms with Gasteiger partial charge in [-0.25, -0.2) is 0 Å². The molecule has 0 aliphatic rings. The first-order valence-corrected chi connectivity index (χ1v) is 6.14. The third-order valence-corrected chi connectivity index (χ3v) is 2.57. The van der Waals surface area contributed by atoms with Crippen LogP contribution in [-0.2, 0) is 11.2 Å². The zero-order chi connectivity index (χ0) is 12.7. The predicted octanol–water partition coefficient (Wildman–Crippen LogP) is 1.65. The van der Waals surface area contributed by atoms with Gasteiger partial charge in [-0.05, 0) is 44.9 Å². The SMILES string of the molecule is Cc1ccccc1CCNCC(=O)NC(C)C. The van der Waals surface area contributed by atoms with E-state index >= 15 is 0 Å². The molecule has 17 heavy (non-hydrogen) atoms. The minimum Gasteiger partial charge on any atom is -0.353 e. The Bertz CT molecular complexity index is 361. The molecule has 0 radical (unpaired) electrons. The van der Waals surface area contributed by atoms with Crippen LogP contribution >= 0.6 is 0 Å². The molecule has 0 aliphatic carbocycles. The van der Waals surface area contributed by atoms with Gasteiger partial charge in [0.15, 0.2) is 0 Å². The third-order valence-electron chi connectivity index (χ3n) is 2.57. The molecule has 0 fully saturated rings. The molecule has 0 saturated carbocycles. The first kappa shape index (κ1) is 13.7. The topological polar surface area (TPSA) is 41.1 Å². The molecule has 94 valence electrons. The van der Waals surface area contributed by atoms with E-state index in [1.54, 1.807) is 0 Å². The third kappa shape index (κ3) is 5.50. The molecule has 2 N–H and O–H groups in total. The number of amides is 1. The molecular formula is C14H22N2O. The zero-order valence-electron chi connectivity index (χ0n) is 10.9. The number of hydrogen-bond acceptors (Lipinski definition) is 2. The highest BCUT2D eigenvalue weighted by Gasteiger charge is 2.02. The summed E-state index contributed by atoms with van der Waals surface area (Å²) in [6, 6.07) is 8.54. The Kier molecular flexibility index (Phi) is 5.70. The van der Waals surface area contributed by atoms with Crippen LogP contribution in [0.5, 0.6) is 0 Å². The van der Waals surface area contributed by atoms with E-state index < -0.39 is 0 Å². The van der Waals surface area contributed by atoms with Gasteiger partial charge in [0.25, 0.3) is 0 Å². The number of nitrogens with one attached hydrogen (secondary N) is 2. The molecule has 3 heteroatoms. The minimum atomic E-state index is 0.0600. The van der Waals surface area contributed by atoms with Gasteiger partial charge < -0.3 is 10.6 Å². The molecule has 0 aromatic heterocycles. The van der Waals surface area contributed by atoms with Gasteiger partial charge in [0.05, 0.1) is 6.54 Å². The second-order valence-corrected chi connectivity index (χ2v) is 4.58. The first-order chi connectivity index (χ1) is 8.09. The summed E-state index contributed by atoms with van der Waals surface area (Å²) in [5.41, 5.74) is 2.64. The molecule has 0 bridgehead atoms. The van der Waals surface area contributed by atoms with E-state index in [-0.39, 0.29) is 11.9 Å². The fraction of sp³-hybridized carbons (Fsp3) is 0.500. The Labute approximate surface area is 104 Å². The fourth-order valence-corrected chi connectivity index (χ4v) is 1.69. The van der Waals surface area contributed by atoms with Crippen LogP contribution in [0.25, 0.3) is 0 Å². The van der Waals surface area contributed by atoms with E-state index in [1.165, 1.54) is 11.1 Å². The number of carbonyl (C=O) groups is 1. The Hall–Kier alpha value is -1.35. The maximum atomic E-state index is 11.4. The molecule has 1 aromatic carbocycles. The number of carbonyl (C=O) groups excluding carboxylic acids is 1. The highest BCUT2D eigenvalue weighted by atomic mass is 16.1. The second kappa shape index (κ2) is 7.07. The number of aryl methyl sites for hydroxylation is 1. The lowest BCUT2D eigenvalue weighted by Crippen LogP contribution is -2.38. The maximum Gasteiger partial charge on any atom is 0.234 e. The van der Waals surface area contributed by atoms with Crippen molar-refractivity contribution in [2.75, 3.05) is 13.1 Å². The van der Waals surface area contributed by atoms with E-state index in [2.05, 4.69) is 29.7 Å². The van der Waals surface area contributed by atoms with Crippen molar-refractivity contribution in [3.63, 3.8) is 0 Å². The van der Waals surface area contributed by atoms with Crippen molar-refractivity contribution in [1.29, 1.82) is 0 Å². The lowest BCUT2D eigenvalue weighted by Gasteiger charge is -2.09. The molecule has 0 aliphatic heterocycles. The van der Waals surface area contributed by atoms with Crippen LogP contribution in [0.2, 0.25) is 0 Å². The van der Waals surface area contributed by atoms with Crippen LogP contribution in [0.3, 0.4) is 0 Å². The maximum absolute atomic E-state index is 11.4. The largest absolute Gasteiger partial charge is 0.353 e. The summed E-state index contributed by atoms with van der Waals surface area (Å²) in [7, 11) is 0. The molecule has 3 nitrogen and oxygen atoms in total. The Morgan fingerprint density at radius 2 is 2.00 bits per heavy atom. The molecule has 0 spiro atoms. The van der Waals surface area contributed by atoms with Crippen LogP contribution in [0, 0.1) is 6.92 Å². The lowest BCUT2D eigenvalue weighted by molar-refractivity contribution is -0.120. The molecule has 1 amide bonds. The van der Waals surface area contributed by atoms with Crippen LogP contribution in [0.1, 0.15) is 25.0 Å². The van der Waals surface area contributed by atoms with E-state index in [0.29, 0.717) is 6.54 Å². The molecule has 0 heterocycles. The van der Waals surface area contributed by atoms with Gasteiger partial charge in [-0.15, -0.1) is 0 Å². The van der Waals surface area contributed by atoms with E-state index in [9.17, 15) is 4.79 Å². The predicted molar refractivity (Wildman–Crippen MR) is 71.0 cm³/mol. The highest BCUT2D eigenvalue weighted by Crippen LogP contribution is 2.06. The van der Waals surface area contributed by atoms with Crippen LogP contribution in [0.15, 0.2) is 24.3 Å². The lowest BCUT2D eigenvalue weighted by atomic mass is 10.1. The van der Waals surface area contributed by atoms with Crippen LogP contribution in [-0.4, -0.2) is 25.0 Å². The van der Waals surface area contributed by atoms with Gasteiger partial charge in [-0.1, -0.05) is 24.3 Å². The monoisotopic (exact) mass is 234 g/mol. The Balaban J connectivity index is 2.21. The van der Waals surface area contributed by atoms with Crippen molar-refractivity contribution in [2.45, 2.75) is 33.2 Å². The summed E-state index contributed by atoms with van der Waals surface area (Å²) in [5, 5.41) is 6.01. The molecule has 0 unspecified atom stereocenters. The van der Waals surface area contributed by atoms with Gasteiger partial charge >= 0.3 is 0 Å². The second-order valence-electron chi connectivity index (χ2n) is 4.58. The summed E-state index contributed by atoms with van der Waals surface area (Å²) in [6.07, 6.45) is 0.960. The quantitative estimate of drug-likeness (QED) is 0.735. The van der Waals surface area contributed by atoms with Crippen molar-refractivity contribution < 1.29 is 4.79 Å². The summed E-state index contributed by atoms with van der Waals surface area (Å²) in [4.78, 5) is 11.4. The highest BCUT2D eigenvalue weighted by molar-refractivity contribution is 5.78. The smallest absolute Gasteiger partial charge is 0.234 e. The Morgan fingerprint density at radius 3 is 2.65 bits per heavy atom.